The molecule has 1 amide bonds. The largest absolute Gasteiger partial charge is 0.457 e. The molecule has 1 aromatic heterocycles. The Balaban J connectivity index is 1.28. The highest BCUT2D eigenvalue weighted by Crippen LogP contribution is 2.27. The van der Waals surface area contributed by atoms with E-state index >= 15 is 0 Å². The molecule has 2 heterocycles. The molecule has 1 atom stereocenters. The van der Waals surface area contributed by atoms with Gasteiger partial charge in [0, 0.05) is 28.7 Å². The summed E-state index contributed by atoms with van der Waals surface area (Å²) in [5.74, 6) is -1.95. The van der Waals surface area contributed by atoms with Gasteiger partial charge in [-0.05, 0) is 60.0 Å². The van der Waals surface area contributed by atoms with E-state index in [1.54, 1.807) is 29.6 Å². The van der Waals surface area contributed by atoms with E-state index in [0.29, 0.717) is 21.9 Å². The highest BCUT2D eigenvalue weighted by atomic mass is 79.9. The van der Waals surface area contributed by atoms with Crippen molar-refractivity contribution in [1.82, 2.24) is 0 Å². The summed E-state index contributed by atoms with van der Waals surface area (Å²) in [5, 5.41) is 1.78. The second-order valence-electron chi connectivity index (χ2n) is 7.30. The van der Waals surface area contributed by atoms with Crippen molar-refractivity contribution in [3.63, 3.8) is 0 Å². The molecule has 0 saturated carbocycles. The number of amides is 1. The fraction of sp³-hybridized carbons (Fsp3) is 0.167. The summed E-state index contributed by atoms with van der Waals surface area (Å²) < 4.78 is 11.3. The zero-order chi connectivity index (χ0) is 23.4. The molecule has 1 unspecified atom stereocenters. The molecule has 1 saturated heterocycles. The second kappa shape index (κ2) is 10.1. The fourth-order valence-electron chi connectivity index (χ4n) is 3.33. The van der Waals surface area contributed by atoms with Crippen LogP contribution in [0.1, 0.15) is 26.5 Å². The van der Waals surface area contributed by atoms with Crippen molar-refractivity contribution in [2.45, 2.75) is 6.42 Å². The minimum atomic E-state index is -0.631. The predicted molar refractivity (Wildman–Crippen MR) is 126 cm³/mol. The maximum absolute atomic E-state index is 12.4. The Hall–Kier alpha value is -3.30. The molecule has 1 aliphatic rings. The average Bonchev–Trinajstić information content (AvgIpc) is 3.49. The van der Waals surface area contributed by atoms with Crippen LogP contribution in [0.2, 0.25) is 0 Å². The molecule has 3 aromatic rings. The van der Waals surface area contributed by atoms with Gasteiger partial charge >= 0.3 is 11.9 Å². The molecule has 1 fully saturated rings. The molecule has 7 nitrogen and oxygen atoms in total. The number of carbonyl (C=O) groups is 4. The summed E-state index contributed by atoms with van der Waals surface area (Å²) in [6, 6.07) is 16.7. The number of ketones is 1. The number of nitrogens with zero attached hydrogens (tertiary/aromatic N) is 1. The Morgan fingerprint density at radius 1 is 1.03 bits per heavy atom. The van der Waals surface area contributed by atoms with E-state index in [1.807, 2.05) is 12.1 Å². The summed E-state index contributed by atoms with van der Waals surface area (Å²) in [7, 11) is 0. The number of thiophene rings is 1. The van der Waals surface area contributed by atoms with E-state index in [2.05, 4.69) is 15.9 Å². The maximum atomic E-state index is 12.4. The van der Waals surface area contributed by atoms with Gasteiger partial charge in [-0.25, -0.2) is 4.79 Å². The maximum Gasteiger partial charge on any atom is 0.353 e. The van der Waals surface area contributed by atoms with Crippen LogP contribution in [-0.2, 0) is 14.3 Å². The van der Waals surface area contributed by atoms with Crippen molar-refractivity contribution in [2.24, 2.45) is 5.92 Å². The van der Waals surface area contributed by atoms with Crippen LogP contribution in [0.3, 0.4) is 0 Å². The molecule has 2 aromatic carbocycles. The van der Waals surface area contributed by atoms with Gasteiger partial charge in [-0.15, -0.1) is 11.3 Å². The number of benzene rings is 2. The zero-order valence-electron chi connectivity index (χ0n) is 17.2. The molecule has 0 radical (unpaired) electrons. The normalized spacial score (nSPS) is 15.4. The van der Waals surface area contributed by atoms with E-state index in [-0.39, 0.29) is 18.9 Å². The number of esters is 2. The molecule has 168 valence electrons. The smallest absolute Gasteiger partial charge is 0.353 e. The van der Waals surface area contributed by atoms with E-state index in [0.717, 1.165) is 4.47 Å². The first-order valence-corrected chi connectivity index (χ1v) is 11.7. The van der Waals surface area contributed by atoms with Gasteiger partial charge in [0.05, 0.1) is 5.92 Å². The summed E-state index contributed by atoms with van der Waals surface area (Å²) in [6.45, 7) is -0.228. The Kier molecular flexibility index (Phi) is 7.00. The Morgan fingerprint density at radius 3 is 2.42 bits per heavy atom. The molecule has 1 aliphatic heterocycles. The first-order valence-electron chi connectivity index (χ1n) is 10.0. The first-order chi connectivity index (χ1) is 15.9. The van der Waals surface area contributed by atoms with Crippen LogP contribution in [0, 0.1) is 5.92 Å². The van der Waals surface area contributed by atoms with Gasteiger partial charge in [-0.1, -0.05) is 22.0 Å². The van der Waals surface area contributed by atoms with Crippen molar-refractivity contribution < 1.29 is 28.7 Å². The molecule has 4 rings (SSSR count). The SMILES string of the molecule is O=C(COC(=O)C1CC(=O)N(c2ccc(Br)cc2)C1)c1ccc(OC(=O)c2cccs2)cc1. The van der Waals surface area contributed by atoms with E-state index in [9.17, 15) is 19.2 Å². The third-order valence-corrected chi connectivity index (χ3v) is 6.43. The monoisotopic (exact) mass is 527 g/mol. The standard InChI is InChI=1S/C24H18BrNO6S/c25-17-5-7-18(8-6-17)26-13-16(12-22(26)28)23(29)31-14-20(27)15-3-9-19(10-4-15)32-24(30)21-2-1-11-33-21/h1-11,16H,12-14H2. The van der Waals surface area contributed by atoms with Crippen LogP contribution in [0.5, 0.6) is 5.75 Å². The highest BCUT2D eigenvalue weighted by Gasteiger charge is 2.36. The molecule has 9 heteroatoms. The molecular formula is C24H18BrNO6S. The highest BCUT2D eigenvalue weighted by molar-refractivity contribution is 9.10. The number of hydrogen-bond donors (Lipinski definition) is 0. The van der Waals surface area contributed by atoms with Gasteiger partial charge in [0.25, 0.3) is 0 Å². The van der Waals surface area contributed by atoms with Crippen LogP contribution in [0.4, 0.5) is 5.69 Å². The van der Waals surface area contributed by atoms with Crippen molar-refractivity contribution >= 4 is 56.6 Å². The molecule has 0 N–H and O–H groups in total. The number of Topliss-reactive ketones (excluding diaryl/α,β-unsaturated/α-hetero) is 1. The van der Waals surface area contributed by atoms with E-state index in [1.165, 1.54) is 40.5 Å². The van der Waals surface area contributed by atoms with Crippen LogP contribution in [0.25, 0.3) is 0 Å². The summed E-state index contributed by atoms with van der Waals surface area (Å²) >= 11 is 4.62. The molecule has 0 spiro atoms. The lowest BCUT2D eigenvalue weighted by Gasteiger charge is -2.16. The van der Waals surface area contributed by atoms with Crippen LogP contribution < -0.4 is 9.64 Å². The van der Waals surface area contributed by atoms with Gasteiger partial charge < -0.3 is 14.4 Å². The quantitative estimate of drug-likeness (QED) is 0.255. The predicted octanol–water partition coefficient (Wildman–Crippen LogP) is 4.51. The second-order valence-corrected chi connectivity index (χ2v) is 9.17. The van der Waals surface area contributed by atoms with Crippen molar-refractivity contribution in [1.29, 1.82) is 0 Å². The lowest BCUT2D eigenvalue weighted by Crippen LogP contribution is -2.27. The summed E-state index contributed by atoms with van der Waals surface area (Å²) in [4.78, 5) is 51.2. The van der Waals surface area contributed by atoms with Crippen LogP contribution >= 0.6 is 27.3 Å². The number of carbonyl (C=O) groups excluding carboxylic acids is 4. The number of hydrogen-bond acceptors (Lipinski definition) is 7. The molecule has 0 bridgehead atoms. The number of halogens is 1. The van der Waals surface area contributed by atoms with E-state index in [4.69, 9.17) is 9.47 Å². The number of rotatable bonds is 7. The van der Waals surface area contributed by atoms with Gasteiger partial charge in [0.1, 0.15) is 10.6 Å². The molecule has 33 heavy (non-hydrogen) atoms. The Bertz CT molecular complexity index is 1170. The van der Waals surface area contributed by atoms with Crippen molar-refractivity contribution in [3.8, 4) is 5.75 Å². The number of anilines is 1. The van der Waals surface area contributed by atoms with Crippen LogP contribution in [-0.4, -0.2) is 36.8 Å². The zero-order valence-corrected chi connectivity index (χ0v) is 19.6. The topological polar surface area (TPSA) is 90.0 Å². The lowest BCUT2D eigenvalue weighted by atomic mass is 10.1. The summed E-state index contributed by atoms with van der Waals surface area (Å²) in [6.07, 6.45) is 0.0351. The number of ether oxygens (including phenoxy) is 2. The van der Waals surface area contributed by atoms with E-state index < -0.39 is 30.2 Å². The van der Waals surface area contributed by atoms with Crippen molar-refractivity contribution in [2.75, 3.05) is 18.1 Å². The molecular weight excluding hydrogens is 510 g/mol. The van der Waals surface area contributed by atoms with Gasteiger partial charge in [0.15, 0.2) is 12.4 Å². The fourth-order valence-corrected chi connectivity index (χ4v) is 4.20. The molecule has 0 aliphatic carbocycles. The van der Waals surface area contributed by atoms with Gasteiger partial charge in [0.2, 0.25) is 5.91 Å². The minimum absolute atomic E-state index is 0.0351. The van der Waals surface area contributed by atoms with Gasteiger partial charge in [-0.3, -0.25) is 14.4 Å². The Labute approximate surface area is 202 Å². The van der Waals surface area contributed by atoms with Gasteiger partial charge in [-0.2, -0.15) is 0 Å². The Morgan fingerprint density at radius 2 is 1.76 bits per heavy atom. The third-order valence-electron chi connectivity index (χ3n) is 5.05. The lowest BCUT2D eigenvalue weighted by molar-refractivity contribution is -0.147. The van der Waals surface area contributed by atoms with Crippen molar-refractivity contribution in [3.05, 3.63) is 81.0 Å². The third kappa shape index (κ3) is 5.55. The first kappa shape index (κ1) is 22.9. The average molecular weight is 528 g/mol. The minimum Gasteiger partial charge on any atom is -0.457 e. The van der Waals surface area contributed by atoms with Crippen LogP contribution in [0.15, 0.2) is 70.5 Å². The summed E-state index contributed by atoms with van der Waals surface area (Å²) in [5.41, 5.74) is 1.02.